The summed E-state index contributed by atoms with van der Waals surface area (Å²) in [5.74, 6) is 0. The van der Waals surface area contributed by atoms with E-state index in [9.17, 15) is 0 Å². The molecule has 0 atom stereocenters. The molecule has 3 rings (SSSR count). The fraction of sp³-hybridized carbons (Fsp3) is 0.667. The van der Waals surface area contributed by atoms with Gasteiger partial charge >= 0.3 is 0 Å². The molecule has 1 aromatic carbocycles. The summed E-state index contributed by atoms with van der Waals surface area (Å²) >= 11 is 6.49. The Morgan fingerprint density at radius 1 is 1.00 bits per heavy atom. The Morgan fingerprint density at radius 3 is 2.67 bits per heavy atom. The predicted octanol–water partition coefficient (Wildman–Crippen LogP) is 3.45. The van der Waals surface area contributed by atoms with Gasteiger partial charge in [-0.25, -0.2) is 0 Å². The van der Waals surface area contributed by atoms with Crippen LogP contribution in [0.4, 0.5) is 0 Å². The van der Waals surface area contributed by atoms with E-state index < -0.39 is 0 Å². The number of halogens is 1. The minimum absolute atomic E-state index is 0.994. The highest BCUT2D eigenvalue weighted by atomic mass is 35.5. The molecule has 2 aliphatic rings. The molecule has 116 valence electrons. The summed E-state index contributed by atoms with van der Waals surface area (Å²) in [6, 6.07) is 4.63. The summed E-state index contributed by atoms with van der Waals surface area (Å²) in [6.45, 7) is 5.95. The fourth-order valence-corrected chi connectivity index (χ4v) is 3.90. The summed E-state index contributed by atoms with van der Waals surface area (Å²) in [4.78, 5) is 2.59. The third-order valence-corrected chi connectivity index (χ3v) is 5.22. The second-order valence-electron chi connectivity index (χ2n) is 6.47. The van der Waals surface area contributed by atoms with Crippen LogP contribution in [-0.2, 0) is 19.3 Å². The molecule has 0 saturated carbocycles. The normalized spacial score (nSPS) is 20.0. The standard InChI is InChI=1S/C18H27ClN2/c19-18-14-16-6-2-1-5-15(16)13-17(18)7-3-10-21-11-4-8-20-9-12-21/h13-14,20H,1-12H2. The SMILES string of the molecule is Clc1cc2c(cc1CCCN1CCCNCC1)CCCC2. The van der Waals surface area contributed by atoms with Crippen LogP contribution in [0.1, 0.15) is 42.4 Å². The minimum Gasteiger partial charge on any atom is -0.315 e. The molecule has 1 heterocycles. The smallest absolute Gasteiger partial charge is 0.0440 e. The highest BCUT2D eigenvalue weighted by Gasteiger charge is 2.13. The summed E-state index contributed by atoms with van der Waals surface area (Å²) in [5, 5.41) is 4.46. The second-order valence-corrected chi connectivity index (χ2v) is 6.88. The first-order valence-electron chi connectivity index (χ1n) is 8.56. The molecule has 1 aliphatic carbocycles. The van der Waals surface area contributed by atoms with Crippen molar-refractivity contribution < 1.29 is 0 Å². The zero-order chi connectivity index (χ0) is 14.5. The highest BCUT2D eigenvalue weighted by Crippen LogP contribution is 2.28. The van der Waals surface area contributed by atoms with E-state index >= 15 is 0 Å². The Balaban J connectivity index is 1.55. The van der Waals surface area contributed by atoms with Crippen LogP contribution in [0.25, 0.3) is 0 Å². The van der Waals surface area contributed by atoms with E-state index in [1.165, 1.54) is 75.8 Å². The van der Waals surface area contributed by atoms with Gasteiger partial charge in [-0.3, -0.25) is 0 Å². The topological polar surface area (TPSA) is 15.3 Å². The van der Waals surface area contributed by atoms with Crippen LogP contribution in [0.2, 0.25) is 5.02 Å². The maximum atomic E-state index is 6.49. The average molecular weight is 307 g/mol. The van der Waals surface area contributed by atoms with E-state index in [-0.39, 0.29) is 0 Å². The lowest BCUT2D eigenvalue weighted by atomic mass is 9.89. The number of hydrogen-bond donors (Lipinski definition) is 1. The van der Waals surface area contributed by atoms with E-state index in [4.69, 9.17) is 11.6 Å². The number of fused-ring (bicyclic) bond motifs is 1. The first kappa shape index (κ1) is 15.3. The Hall–Kier alpha value is -0.570. The molecule has 0 amide bonds. The lowest BCUT2D eigenvalue weighted by molar-refractivity contribution is 0.289. The second kappa shape index (κ2) is 7.62. The number of nitrogens with zero attached hydrogens (tertiary/aromatic N) is 1. The van der Waals surface area contributed by atoms with Crippen molar-refractivity contribution in [3.8, 4) is 0 Å². The van der Waals surface area contributed by atoms with Gasteiger partial charge < -0.3 is 10.2 Å². The van der Waals surface area contributed by atoms with Gasteiger partial charge in [0, 0.05) is 18.1 Å². The van der Waals surface area contributed by atoms with Crippen LogP contribution in [0, 0.1) is 0 Å². The van der Waals surface area contributed by atoms with Gasteiger partial charge in [-0.05, 0) is 87.3 Å². The molecule has 2 nitrogen and oxygen atoms in total. The Bertz CT molecular complexity index is 465. The molecule has 1 N–H and O–H groups in total. The van der Waals surface area contributed by atoms with Crippen LogP contribution in [-0.4, -0.2) is 37.6 Å². The molecule has 1 fully saturated rings. The average Bonchev–Trinajstić information content (AvgIpc) is 2.76. The van der Waals surface area contributed by atoms with Gasteiger partial charge in [0.1, 0.15) is 0 Å². The van der Waals surface area contributed by atoms with Crippen molar-refractivity contribution in [3.63, 3.8) is 0 Å². The Kier molecular flexibility index (Phi) is 5.56. The molecular formula is C18H27ClN2. The number of nitrogens with one attached hydrogen (secondary N) is 1. The van der Waals surface area contributed by atoms with Crippen molar-refractivity contribution in [2.45, 2.75) is 44.9 Å². The predicted molar refractivity (Wildman–Crippen MR) is 90.3 cm³/mol. The number of hydrogen-bond acceptors (Lipinski definition) is 2. The van der Waals surface area contributed by atoms with Crippen molar-refractivity contribution >= 4 is 11.6 Å². The van der Waals surface area contributed by atoms with Gasteiger partial charge in [0.15, 0.2) is 0 Å². The third-order valence-electron chi connectivity index (χ3n) is 4.86. The number of aryl methyl sites for hydroxylation is 3. The molecule has 1 aromatic rings. The molecule has 0 radical (unpaired) electrons. The lowest BCUT2D eigenvalue weighted by Crippen LogP contribution is -2.29. The van der Waals surface area contributed by atoms with Gasteiger partial charge in [0.2, 0.25) is 0 Å². The van der Waals surface area contributed by atoms with Gasteiger partial charge in [-0.1, -0.05) is 17.7 Å². The highest BCUT2D eigenvalue weighted by molar-refractivity contribution is 6.31. The van der Waals surface area contributed by atoms with E-state index in [0.29, 0.717) is 0 Å². The van der Waals surface area contributed by atoms with Crippen LogP contribution in [0.3, 0.4) is 0 Å². The van der Waals surface area contributed by atoms with Gasteiger partial charge in [-0.15, -0.1) is 0 Å². The van der Waals surface area contributed by atoms with Gasteiger partial charge in [-0.2, -0.15) is 0 Å². The van der Waals surface area contributed by atoms with Gasteiger partial charge in [0.25, 0.3) is 0 Å². The van der Waals surface area contributed by atoms with E-state index in [2.05, 4.69) is 22.3 Å². The van der Waals surface area contributed by atoms with Crippen molar-refractivity contribution in [2.24, 2.45) is 0 Å². The molecule has 21 heavy (non-hydrogen) atoms. The summed E-state index contributed by atoms with van der Waals surface area (Å²) in [6.07, 6.45) is 8.75. The molecule has 1 saturated heterocycles. The largest absolute Gasteiger partial charge is 0.315 e. The third kappa shape index (κ3) is 4.21. The zero-order valence-electron chi connectivity index (χ0n) is 13.0. The Labute approximate surface area is 133 Å². The molecular weight excluding hydrogens is 280 g/mol. The molecule has 0 aromatic heterocycles. The van der Waals surface area contributed by atoms with Crippen LogP contribution in [0.5, 0.6) is 0 Å². The van der Waals surface area contributed by atoms with Crippen LogP contribution < -0.4 is 5.32 Å². The quantitative estimate of drug-likeness (QED) is 0.916. The van der Waals surface area contributed by atoms with E-state index in [1.54, 1.807) is 5.56 Å². The van der Waals surface area contributed by atoms with Crippen LogP contribution >= 0.6 is 11.6 Å². The summed E-state index contributed by atoms with van der Waals surface area (Å²) in [7, 11) is 0. The zero-order valence-corrected chi connectivity index (χ0v) is 13.7. The van der Waals surface area contributed by atoms with Crippen LogP contribution in [0.15, 0.2) is 12.1 Å². The lowest BCUT2D eigenvalue weighted by Gasteiger charge is -2.20. The van der Waals surface area contributed by atoms with Gasteiger partial charge in [0.05, 0.1) is 0 Å². The monoisotopic (exact) mass is 306 g/mol. The summed E-state index contributed by atoms with van der Waals surface area (Å²) < 4.78 is 0. The molecule has 0 unspecified atom stereocenters. The summed E-state index contributed by atoms with van der Waals surface area (Å²) in [5.41, 5.74) is 4.42. The molecule has 3 heteroatoms. The van der Waals surface area contributed by atoms with Crippen molar-refractivity contribution in [3.05, 3.63) is 33.8 Å². The fourth-order valence-electron chi connectivity index (χ4n) is 3.62. The van der Waals surface area contributed by atoms with Crippen molar-refractivity contribution in [1.29, 1.82) is 0 Å². The molecule has 1 aliphatic heterocycles. The Morgan fingerprint density at radius 2 is 1.81 bits per heavy atom. The van der Waals surface area contributed by atoms with Crippen molar-refractivity contribution in [2.75, 3.05) is 32.7 Å². The molecule has 0 spiro atoms. The minimum atomic E-state index is 0.994. The molecule has 0 bridgehead atoms. The number of rotatable bonds is 4. The van der Waals surface area contributed by atoms with E-state index in [1.807, 2.05) is 0 Å². The van der Waals surface area contributed by atoms with Crippen molar-refractivity contribution in [1.82, 2.24) is 10.2 Å². The van der Waals surface area contributed by atoms with E-state index in [0.717, 1.165) is 18.0 Å². The maximum absolute atomic E-state index is 6.49. The number of benzene rings is 1. The first-order chi connectivity index (χ1) is 10.3. The first-order valence-corrected chi connectivity index (χ1v) is 8.94. The maximum Gasteiger partial charge on any atom is 0.0440 e.